The third kappa shape index (κ3) is 3.02. The van der Waals surface area contributed by atoms with Crippen LogP contribution in [0.2, 0.25) is 0 Å². The van der Waals surface area contributed by atoms with E-state index in [-0.39, 0.29) is 17.9 Å². The first-order valence-corrected chi connectivity index (χ1v) is 7.89. The highest BCUT2D eigenvalue weighted by atomic mass is 19.1. The number of carbonyl (C=O) groups is 1. The Morgan fingerprint density at radius 3 is 2.96 bits per heavy atom. The number of H-pyrrole nitrogens is 2. The Morgan fingerprint density at radius 2 is 2.20 bits per heavy atom. The smallest absolute Gasteiger partial charge is 0.227 e. The molecule has 0 saturated heterocycles. The van der Waals surface area contributed by atoms with E-state index in [1.165, 1.54) is 6.07 Å². The minimum atomic E-state index is -0.699. The molecule has 0 spiro atoms. The average Bonchev–Trinajstić information content (AvgIpc) is 3.25. The molecular formula is C17H15F2N5O. The van der Waals surface area contributed by atoms with Gasteiger partial charge in [0, 0.05) is 25.2 Å². The van der Waals surface area contributed by atoms with Gasteiger partial charge < -0.3 is 9.88 Å². The fourth-order valence-electron chi connectivity index (χ4n) is 2.96. The molecule has 0 aliphatic carbocycles. The van der Waals surface area contributed by atoms with Crippen LogP contribution in [-0.4, -0.2) is 37.5 Å². The lowest BCUT2D eigenvalue weighted by Crippen LogP contribution is -2.37. The highest BCUT2D eigenvalue weighted by Gasteiger charge is 2.24. The van der Waals surface area contributed by atoms with Gasteiger partial charge in [-0.1, -0.05) is 6.07 Å². The van der Waals surface area contributed by atoms with Crippen LogP contribution in [0.25, 0.3) is 11.4 Å². The number of aromatic amines is 2. The summed E-state index contributed by atoms with van der Waals surface area (Å²) in [5.41, 5.74) is 2.84. The lowest BCUT2D eigenvalue weighted by Gasteiger charge is -2.26. The van der Waals surface area contributed by atoms with Gasteiger partial charge in [-0.15, -0.1) is 0 Å². The number of hydrogen-bond acceptors (Lipinski definition) is 3. The van der Waals surface area contributed by atoms with Gasteiger partial charge in [0.1, 0.15) is 17.5 Å². The molecule has 1 amide bonds. The van der Waals surface area contributed by atoms with Crippen LogP contribution >= 0.6 is 0 Å². The van der Waals surface area contributed by atoms with Crippen LogP contribution in [0.15, 0.2) is 30.6 Å². The zero-order valence-electron chi connectivity index (χ0n) is 13.2. The van der Waals surface area contributed by atoms with Crippen LogP contribution in [0.1, 0.15) is 17.0 Å². The molecule has 2 N–H and O–H groups in total. The van der Waals surface area contributed by atoms with E-state index in [0.717, 1.165) is 29.1 Å². The van der Waals surface area contributed by atoms with Crippen molar-refractivity contribution in [2.45, 2.75) is 19.4 Å². The number of benzene rings is 1. The molecule has 0 fully saturated rings. The van der Waals surface area contributed by atoms with Crippen molar-refractivity contribution in [3.8, 4) is 11.4 Å². The second kappa shape index (κ2) is 6.12. The number of hydrogen-bond donors (Lipinski definition) is 2. The molecule has 0 radical (unpaired) electrons. The summed E-state index contributed by atoms with van der Waals surface area (Å²) in [7, 11) is 0. The van der Waals surface area contributed by atoms with Crippen LogP contribution in [0.5, 0.6) is 0 Å². The molecule has 8 heteroatoms. The molecule has 0 atom stereocenters. The molecular weight excluding hydrogens is 328 g/mol. The van der Waals surface area contributed by atoms with Crippen molar-refractivity contribution in [3.05, 3.63) is 59.2 Å². The van der Waals surface area contributed by atoms with Gasteiger partial charge in [0.2, 0.25) is 5.91 Å². The van der Waals surface area contributed by atoms with Gasteiger partial charge in [-0.05, 0) is 11.6 Å². The summed E-state index contributed by atoms with van der Waals surface area (Å²) in [4.78, 5) is 21.9. The number of nitrogens with zero attached hydrogens (tertiary/aromatic N) is 3. The summed E-state index contributed by atoms with van der Waals surface area (Å²) >= 11 is 0. The third-order valence-corrected chi connectivity index (χ3v) is 4.31. The van der Waals surface area contributed by atoms with E-state index in [9.17, 15) is 13.6 Å². The summed E-state index contributed by atoms with van der Waals surface area (Å²) in [6.45, 7) is 0.909. The van der Waals surface area contributed by atoms with E-state index in [1.54, 1.807) is 17.3 Å². The molecule has 0 saturated carbocycles. The number of aromatic nitrogens is 4. The maximum Gasteiger partial charge on any atom is 0.227 e. The number of carbonyl (C=O) groups excluding carboxylic acids is 1. The van der Waals surface area contributed by atoms with Crippen molar-refractivity contribution in [1.29, 1.82) is 0 Å². The Morgan fingerprint density at radius 1 is 1.32 bits per heavy atom. The molecule has 4 rings (SSSR count). The lowest BCUT2D eigenvalue weighted by molar-refractivity contribution is -0.131. The van der Waals surface area contributed by atoms with Gasteiger partial charge in [-0.3, -0.25) is 9.89 Å². The Labute approximate surface area is 141 Å². The average molecular weight is 343 g/mol. The van der Waals surface area contributed by atoms with Gasteiger partial charge in [-0.25, -0.2) is 13.8 Å². The van der Waals surface area contributed by atoms with Crippen LogP contribution < -0.4 is 0 Å². The minimum Gasteiger partial charge on any atom is -0.340 e. The molecule has 3 heterocycles. The van der Waals surface area contributed by atoms with E-state index in [2.05, 4.69) is 20.2 Å². The van der Waals surface area contributed by atoms with Gasteiger partial charge >= 0.3 is 0 Å². The standard InChI is InChI=1S/C17H15F2N5O/c18-12-2-1-10(13(19)6-12)5-16(25)24-4-3-14-15(9-24)23-17(22-14)11-7-20-21-8-11/h1-2,6-8H,3-5,9H2,(H,20,21)(H,22,23). The highest BCUT2D eigenvalue weighted by Crippen LogP contribution is 2.22. The fourth-order valence-corrected chi connectivity index (χ4v) is 2.96. The normalized spacial score (nSPS) is 13.8. The molecule has 0 bridgehead atoms. The highest BCUT2D eigenvalue weighted by molar-refractivity contribution is 5.79. The zero-order chi connectivity index (χ0) is 17.4. The Kier molecular flexibility index (Phi) is 3.79. The van der Waals surface area contributed by atoms with E-state index in [4.69, 9.17) is 0 Å². The Bertz CT molecular complexity index is 919. The van der Waals surface area contributed by atoms with Crippen LogP contribution in [0, 0.1) is 11.6 Å². The molecule has 1 aliphatic rings. The quantitative estimate of drug-likeness (QED) is 0.765. The summed E-state index contributed by atoms with van der Waals surface area (Å²) in [5, 5.41) is 6.63. The fraction of sp³-hybridized carbons (Fsp3) is 0.235. The molecule has 25 heavy (non-hydrogen) atoms. The summed E-state index contributed by atoms with van der Waals surface area (Å²) in [6.07, 6.45) is 3.94. The van der Waals surface area contributed by atoms with Crippen molar-refractivity contribution in [2.75, 3.05) is 6.54 Å². The number of rotatable bonds is 3. The second-order valence-electron chi connectivity index (χ2n) is 5.98. The van der Waals surface area contributed by atoms with E-state index in [1.807, 2.05) is 0 Å². The first-order valence-electron chi connectivity index (χ1n) is 7.89. The van der Waals surface area contributed by atoms with E-state index >= 15 is 0 Å². The number of nitrogens with one attached hydrogen (secondary N) is 2. The summed E-state index contributed by atoms with van der Waals surface area (Å²) < 4.78 is 26.7. The minimum absolute atomic E-state index is 0.0931. The summed E-state index contributed by atoms with van der Waals surface area (Å²) in [6, 6.07) is 3.26. The lowest BCUT2D eigenvalue weighted by atomic mass is 10.1. The predicted molar refractivity (Wildman–Crippen MR) is 85.4 cm³/mol. The SMILES string of the molecule is O=C(Cc1ccc(F)cc1F)N1CCc2nc(-c3cn[nH]c3)[nH]c2C1. The molecule has 2 aromatic heterocycles. The first kappa shape index (κ1) is 15.5. The van der Waals surface area contributed by atoms with Gasteiger partial charge in [0.25, 0.3) is 0 Å². The summed E-state index contributed by atoms with van der Waals surface area (Å²) in [5.74, 6) is -0.844. The van der Waals surface area contributed by atoms with Crippen molar-refractivity contribution in [3.63, 3.8) is 0 Å². The van der Waals surface area contributed by atoms with Crippen LogP contribution in [0.3, 0.4) is 0 Å². The topological polar surface area (TPSA) is 77.7 Å². The number of amides is 1. The van der Waals surface area contributed by atoms with E-state index in [0.29, 0.717) is 25.3 Å². The molecule has 0 unspecified atom stereocenters. The van der Waals surface area contributed by atoms with Gasteiger partial charge in [-0.2, -0.15) is 5.10 Å². The Balaban J connectivity index is 1.49. The van der Waals surface area contributed by atoms with Crippen molar-refractivity contribution >= 4 is 5.91 Å². The zero-order valence-corrected chi connectivity index (χ0v) is 13.2. The second-order valence-corrected chi connectivity index (χ2v) is 5.98. The van der Waals surface area contributed by atoms with Crippen molar-refractivity contribution in [2.24, 2.45) is 0 Å². The van der Waals surface area contributed by atoms with Crippen molar-refractivity contribution < 1.29 is 13.6 Å². The van der Waals surface area contributed by atoms with Gasteiger partial charge in [0.05, 0.1) is 36.1 Å². The first-order chi connectivity index (χ1) is 12.1. The van der Waals surface area contributed by atoms with Crippen LogP contribution in [-0.2, 0) is 24.2 Å². The Hall–Kier alpha value is -3.03. The molecule has 128 valence electrons. The third-order valence-electron chi connectivity index (χ3n) is 4.31. The molecule has 3 aromatic rings. The monoisotopic (exact) mass is 343 g/mol. The predicted octanol–water partition coefficient (Wildman–Crippen LogP) is 2.21. The number of fused-ring (bicyclic) bond motifs is 1. The van der Waals surface area contributed by atoms with E-state index < -0.39 is 11.6 Å². The van der Waals surface area contributed by atoms with Crippen molar-refractivity contribution in [1.82, 2.24) is 25.1 Å². The van der Waals surface area contributed by atoms with Gasteiger partial charge in [0.15, 0.2) is 0 Å². The molecule has 1 aliphatic heterocycles. The number of halogens is 2. The number of imidazole rings is 1. The maximum atomic E-state index is 13.7. The van der Waals surface area contributed by atoms with Crippen LogP contribution in [0.4, 0.5) is 8.78 Å². The maximum absolute atomic E-state index is 13.7. The molecule has 6 nitrogen and oxygen atoms in total. The largest absolute Gasteiger partial charge is 0.340 e. The molecule has 1 aromatic carbocycles.